The van der Waals surface area contributed by atoms with Crippen molar-refractivity contribution < 1.29 is 17.4 Å². The van der Waals surface area contributed by atoms with Gasteiger partial charge in [-0.2, -0.15) is 8.42 Å². The number of imidazole rings is 1. The quantitative estimate of drug-likeness (QED) is 0.394. The van der Waals surface area contributed by atoms with Crippen LogP contribution in [-0.2, 0) is 25.5 Å². The van der Waals surface area contributed by atoms with Gasteiger partial charge in [-0.3, -0.25) is 8.98 Å². The summed E-state index contributed by atoms with van der Waals surface area (Å²) in [5.74, 6) is 0.336. The van der Waals surface area contributed by atoms with Gasteiger partial charge in [0.25, 0.3) is 10.1 Å². The number of nitrogens with one attached hydrogen (secondary N) is 1. The lowest BCUT2D eigenvalue weighted by molar-refractivity contribution is -0.115. The Morgan fingerprint density at radius 1 is 1.06 bits per heavy atom. The van der Waals surface area contributed by atoms with Crippen molar-refractivity contribution in [3.05, 3.63) is 90.4 Å². The van der Waals surface area contributed by atoms with Gasteiger partial charge in [-0.25, -0.2) is 4.98 Å². The highest BCUT2D eigenvalue weighted by Gasteiger charge is 2.35. The average Bonchev–Trinajstić information content (AvgIpc) is 3.24. The van der Waals surface area contributed by atoms with Crippen molar-refractivity contribution >= 4 is 32.6 Å². The fourth-order valence-corrected chi connectivity index (χ4v) is 5.30. The van der Waals surface area contributed by atoms with E-state index in [0.29, 0.717) is 18.7 Å². The molecule has 0 bridgehead atoms. The Bertz CT molecular complexity index is 1430. The minimum Gasteiger partial charge on any atom is -0.332 e. The summed E-state index contributed by atoms with van der Waals surface area (Å²) in [4.78, 5) is 17.1. The summed E-state index contributed by atoms with van der Waals surface area (Å²) in [5, 5.41) is 5.02. The number of fused-ring (bicyclic) bond motifs is 1. The maximum Gasteiger partial charge on any atom is 0.297 e. The maximum absolute atomic E-state index is 12.6. The van der Waals surface area contributed by atoms with Crippen LogP contribution in [0.4, 0.5) is 5.82 Å². The van der Waals surface area contributed by atoms with Gasteiger partial charge in [-0.1, -0.05) is 60.2 Å². The molecular weight excluding hydrogens is 450 g/mol. The molecule has 0 radical (unpaired) electrons. The SMILES string of the molecule is Cc1ccc(S(=O)(=O)O[C@H]2C[C@H](n3cnc(NC(=O)Cc4cccc5ccccc45)c3)C2)cc1. The topological polar surface area (TPSA) is 90.3 Å². The molecule has 0 unspecified atom stereocenters. The van der Waals surface area contributed by atoms with E-state index in [9.17, 15) is 13.2 Å². The van der Waals surface area contributed by atoms with Crippen molar-refractivity contribution in [1.82, 2.24) is 9.55 Å². The molecule has 1 aliphatic rings. The van der Waals surface area contributed by atoms with Gasteiger partial charge < -0.3 is 9.88 Å². The van der Waals surface area contributed by atoms with Gasteiger partial charge in [0, 0.05) is 12.2 Å². The lowest BCUT2D eigenvalue weighted by Crippen LogP contribution is -2.34. The first-order valence-electron chi connectivity index (χ1n) is 11.2. The fourth-order valence-electron chi connectivity index (χ4n) is 4.21. The summed E-state index contributed by atoms with van der Waals surface area (Å²) in [6.07, 6.45) is 4.43. The molecule has 1 heterocycles. The van der Waals surface area contributed by atoms with Crippen LogP contribution in [0.5, 0.6) is 0 Å². The molecule has 0 spiro atoms. The number of carbonyl (C=O) groups is 1. The van der Waals surface area contributed by atoms with Crippen molar-refractivity contribution in [3.8, 4) is 0 Å². The first-order valence-corrected chi connectivity index (χ1v) is 12.6. The standard InChI is InChI=1S/C26H25N3O4S/c1-18-9-11-23(12-10-18)34(31,32)33-22-14-21(15-22)29-16-25(27-17-29)28-26(30)13-20-7-4-6-19-5-2-3-8-24(19)20/h2-12,16-17,21-22H,13-15H2,1H3,(H,28,30)/t21-,22-. The molecule has 34 heavy (non-hydrogen) atoms. The molecule has 1 aromatic heterocycles. The van der Waals surface area contributed by atoms with Crippen molar-refractivity contribution in [2.75, 3.05) is 5.32 Å². The lowest BCUT2D eigenvalue weighted by Gasteiger charge is -2.35. The molecule has 1 saturated carbocycles. The molecule has 1 N–H and O–H groups in total. The number of aromatic nitrogens is 2. The van der Waals surface area contributed by atoms with Crippen LogP contribution in [0, 0.1) is 6.92 Å². The zero-order valence-electron chi connectivity index (χ0n) is 18.7. The summed E-state index contributed by atoms with van der Waals surface area (Å²) < 4.78 is 32.2. The second kappa shape index (κ2) is 9.04. The predicted octanol–water partition coefficient (Wildman–Crippen LogP) is 4.63. The third-order valence-electron chi connectivity index (χ3n) is 6.16. The number of anilines is 1. The van der Waals surface area contributed by atoms with Crippen molar-refractivity contribution in [1.29, 1.82) is 0 Å². The number of aryl methyl sites for hydroxylation is 1. The third-order valence-corrected chi connectivity index (χ3v) is 7.54. The molecule has 0 atom stereocenters. The zero-order valence-corrected chi connectivity index (χ0v) is 19.5. The number of carbonyl (C=O) groups excluding carboxylic acids is 1. The summed E-state index contributed by atoms with van der Waals surface area (Å²) in [7, 11) is -3.78. The van der Waals surface area contributed by atoms with Gasteiger partial charge >= 0.3 is 0 Å². The summed E-state index contributed by atoms with van der Waals surface area (Å²) in [5.41, 5.74) is 1.95. The van der Waals surface area contributed by atoms with Crippen molar-refractivity contribution in [2.24, 2.45) is 0 Å². The van der Waals surface area contributed by atoms with E-state index in [1.165, 1.54) is 0 Å². The minimum atomic E-state index is -3.78. The Labute approximate surface area is 198 Å². The summed E-state index contributed by atoms with van der Waals surface area (Å²) in [6.45, 7) is 1.90. The van der Waals surface area contributed by atoms with E-state index in [-0.39, 0.29) is 29.4 Å². The monoisotopic (exact) mass is 475 g/mol. The number of nitrogens with zero attached hydrogens (tertiary/aromatic N) is 2. The predicted molar refractivity (Wildman–Crippen MR) is 130 cm³/mol. The van der Waals surface area contributed by atoms with Gasteiger partial charge in [0.05, 0.1) is 23.7 Å². The van der Waals surface area contributed by atoms with Gasteiger partial charge in [0.1, 0.15) is 0 Å². The highest BCUT2D eigenvalue weighted by Crippen LogP contribution is 2.36. The molecule has 7 nitrogen and oxygen atoms in total. The van der Waals surface area contributed by atoms with E-state index in [0.717, 1.165) is 21.9 Å². The molecule has 4 aromatic rings. The molecule has 1 aliphatic carbocycles. The summed E-state index contributed by atoms with van der Waals surface area (Å²) >= 11 is 0. The van der Waals surface area contributed by atoms with Crippen LogP contribution in [0.25, 0.3) is 10.8 Å². The highest BCUT2D eigenvalue weighted by atomic mass is 32.2. The Hall–Kier alpha value is -3.49. The summed E-state index contributed by atoms with van der Waals surface area (Å²) in [6, 6.07) is 20.6. The van der Waals surface area contributed by atoms with E-state index in [1.54, 1.807) is 36.8 Å². The van der Waals surface area contributed by atoms with E-state index < -0.39 is 10.1 Å². The Morgan fingerprint density at radius 2 is 1.79 bits per heavy atom. The number of rotatable bonds is 7. The lowest BCUT2D eigenvalue weighted by atomic mass is 9.89. The number of hydrogen-bond acceptors (Lipinski definition) is 5. The van der Waals surface area contributed by atoms with E-state index in [4.69, 9.17) is 4.18 Å². The third kappa shape index (κ3) is 4.73. The molecule has 1 amide bonds. The van der Waals surface area contributed by atoms with Gasteiger partial charge in [0.2, 0.25) is 5.91 Å². The van der Waals surface area contributed by atoms with Crippen molar-refractivity contribution in [3.63, 3.8) is 0 Å². The van der Waals surface area contributed by atoms with Crippen LogP contribution in [-0.4, -0.2) is 30.0 Å². The van der Waals surface area contributed by atoms with Crippen LogP contribution in [0.15, 0.2) is 84.1 Å². The smallest absolute Gasteiger partial charge is 0.297 e. The van der Waals surface area contributed by atoms with Crippen LogP contribution >= 0.6 is 0 Å². The minimum absolute atomic E-state index is 0.0782. The highest BCUT2D eigenvalue weighted by molar-refractivity contribution is 7.86. The van der Waals surface area contributed by atoms with E-state index in [2.05, 4.69) is 10.3 Å². The zero-order chi connectivity index (χ0) is 23.7. The molecular formula is C26H25N3O4S. The second-order valence-electron chi connectivity index (χ2n) is 8.68. The largest absolute Gasteiger partial charge is 0.332 e. The maximum atomic E-state index is 12.6. The van der Waals surface area contributed by atoms with Crippen LogP contribution in [0.3, 0.4) is 0 Å². The van der Waals surface area contributed by atoms with E-state index in [1.807, 2.05) is 54.0 Å². The first-order chi connectivity index (χ1) is 16.4. The Balaban J connectivity index is 1.16. The Kier molecular flexibility index (Phi) is 5.93. The molecule has 1 fully saturated rings. The number of benzene rings is 3. The van der Waals surface area contributed by atoms with Crippen LogP contribution < -0.4 is 5.32 Å². The van der Waals surface area contributed by atoms with Crippen molar-refractivity contribution in [2.45, 2.75) is 43.2 Å². The number of hydrogen-bond donors (Lipinski definition) is 1. The van der Waals surface area contributed by atoms with Crippen LogP contribution in [0.2, 0.25) is 0 Å². The molecule has 0 saturated heterocycles. The number of amides is 1. The molecule has 8 heteroatoms. The van der Waals surface area contributed by atoms with E-state index >= 15 is 0 Å². The average molecular weight is 476 g/mol. The molecule has 5 rings (SSSR count). The first kappa shape index (κ1) is 22.3. The van der Waals surface area contributed by atoms with Gasteiger partial charge in [0.15, 0.2) is 5.82 Å². The van der Waals surface area contributed by atoms with Gasteiger partial charge in [-0.05, 0) is 48.2 Å². The van der Waals surface area contributed by atoms with Crippen LogP contribution in [0.1, 0.15) is 30.0 Å². The second-order valence-corrected chi connectivity index (χ2v) is 10.3. The van der Waals surface area contributed by atoms with Gasteiger partial charge in [-0.15, -0.1) is 0 Å². The fraction of sp³-hybridized carbons (Fsp3) is 0.231. The molecule has 174 valence electrons. The molecule has 3 aromatic carbocycles. The Morgan fingerprint density at radius 3 is 2.59 bits per heavy atom. The normalized spacial score (nSPS) is 17.9. The molecule has 0 aliphatic heterocycles.